The molecule has 3 fully saturated rings. The quantitative estimate of drug-likeness (QED) is 0.807. The summed E-state index contributed by atoms with van der Waals surface area (Å²) in [6.07, 6.45) is 4.11. The Morgan fingerprint density at radius 3 is 2.47 bits per heavy atom. The largest absolute Gasteiger partial charge is 0.464 e. The fourth-order valence-corrected chi connectivity index (χ4v) is 5.22. The number of carbonyl (C=O) groups is 1. The number of nitrogens with zero attached hydrogens (tertiary/aromatic N) is 1. The first-order valence-electron chi connectivity index (χ1n) is 10.8. The first-order valence-corrected chi connectivity index (χ1v) is 10.8. The number of amides is 1. The van der Waals surface area contributed by atoms with Crippen molar-refractivity contribution in [3.63, 3.8) is 0 Å². The van der Waals surface area contributed by atoms with E-state index in [4.69, 9.17) is 4.74 Å². The highest BCUT2D eigenvalue weighted by molar-refractivity contribution is 5.87. The van der Waals surface area contributed by atoms with E-state index in [-0.39, 0.29) is 18.0 Å². The van der Waals surface area contributed by atoms with E-state index >= 15 is 0 Å². The number of hydrogen-bond acceptors (Lipinski definition) is 4. The molecule has 2 aliphatic heterocycles. The van der Waals surface area contributed by atoms with Crippen molar-refractivity contribution >= 4 is 11.6 Å². The van der Waals surface area contributed by atoms with E-state index < -0.39 is 5.60 Å². The predicted octanol–water partition coefficient (Wildman–Crippen LogP) is 3.95. The maximum atomic E-state index is 13.4. The van der Waals surface area contributed by atoms with Crippen molar-refractivity contribution in [3.8, 4) is 5.75 Å². The van der Waals surface area contributed by atoms with Crippen LogP contribution < -0.4 is 10.1 Å². The van der Waals surface area contributed by atoms with Gasteiger partial charge in [-0.25, -0.2) is 4.39 Å². The molecule has 2 heterocycles. The van der Waals surface area contributed by atoms with Crippen molar-refractivity contribution in [2.45, 2.75) is 49.9 Å². The molecule has 2 atom stereocenters. The van der Waals surface area contributed by atoms with E-state index in [1.54, 1.807) is 6.07 Å². The number of piperidine rings is 1. The van der Waals surface area contributed by atoms with E-state index in [1.807, 2.05) is 4.90 Å². The molecule has 4 aliphatic rings. The van der Waals surface area contributed by atoms with Crippen molar-refractivity contribution < 1.29 is 19.0 Å². The number of anilines is 1. The van der Waals surface area contributed by atoms with Crippen LogP contribution >= 0.6 is 0 Å². The molecule has 2 N–H and O–H groups in total. The van der Waals surface area contributed by atoms with Crippen molar-refractivity contribution in [2.24, 2.45) is 5.41 Å². The first-order chi connectivity index (χ1) is 14.5. The summed E-state index contributed by atoms with van der Waals surface area (Å²) in [5, 5.41) is 13.4. The van der Waals surface area contributed by atoms with Gasteiger partial charge in [0.15, 0.2) is 6.23 Å². The number of rotatable bonds is 3. The average Bonchev–Trinajstić information content (AvgIpc) is 3.63. The van der Waals surface area contributed by atoms with Gasteiger partial charge < -0.3 is 20.1 Å². The predicted molar refractivity (Wildman–Crippen MR) is 110 cm³/mol. The third kappa shape index (κ3) is 2.88. The molecule has 2 aliphatic carbocycles. The third-order valence-corrected chi connectivity index (χ3v) is 7.47. The fraction of sp³-hybridized carbons (Fsp3) is 0.458. The number of aliphatic hydroxyl groups is 1. The lowest BCUT2D eigenvalue weighted by Crippen LogP contribution is -2.45. The van der Waals surface area contributed by atoms with Crippen LogP contribution in [0.15, 0.2) is 42.5 Å². The Bertz CT molecular complexity index is 1010. The van der Waals surface area contributed by atoms with Crippen LogP contribution in [0, 0.1) is 11.2 Å². The molecule has 0 radical (unpaired) electrons. The van der Waals surface area contributed by atoms with E-state index in [9.17, 15) is 14.3 Å². The number of halogens is 1. The Kier molecular flexibility index (Phi) is 3.76. The summed E-state index contributed by atoms with van der Waals surface area (Å²) in [4.78, 5) is 14.2. The molecule has 0 aromatic heterocycles. The molecule has 6 rings (SSSR count). The number of hydrogen-bond donors (Lipinski definition) is 2. The molecular formula is C24H25FN2O3. The minimum Gasteiger partial charge on any atom is -0.464 e. The topological polar surface area (TPSA) is 61.8 Å². The SMILES string of the molecule is O=C(N1CCC2(CC1)C[C@H]2c1ccc(C2Nc3ccc(F)cc3O2)cc1)C1(O)CC1. The highest BCUT2D eigenvalue weighted by Crippen LogP contribution is 2.65. The van der Waals surface area contributed by atoms with Crippen molar-refractivity contribution in [1.29, 1.82) is 0 Å². The van der Waals surface area contributed by atoms with Gasteiger partial charge in [-0.15, -0.1) is 0 Å². The van der Waals surface area contributed by atoms with Crippen LogP contribution in [0.2, 0.25) is 0 Å². The smallest absolute Gasteiger partial charge is 0.254 e. The molecule has 0 bridgehead atoms. The van der Waals surface area contributed by atoms with Crippen LogP contribution in [0.5, 0.6) is 5.75 Å². The Labute approximate surface area is 174 Å². The molecule has 1 saturated heterocycles. The standard InChI is InChI=1S/C24H25FN2O3/c25-17-5-6-19-20(13-17)30-21(26-19)16-3-1-15(2-4-16)18-14-23(18)9-11-27(12-10-23)22(28)24(29)7-8-24/h1-6,13,18,21,26,29H,7-12,14H2/t18-,21?/m0/s1. The van der Waals surface area contributed by atoms with E-state index in [1.165, 1.54) is 24.1 Å². The minimum atomic E-state index is -1.05. The van der Waals surface area contributed by atoms with Gasteiger partial charge in [-0.2, -0.15) is 0 Å². The highest BCUT2D eigenvalue weighted by atomic mass is 19.1. The van der Waals surface area contributed by atoms with Gasteiger partial charge in [0.05, 0.1) is 5.69 Å². The second-order valence-electron chi connectivity index (χ2n) is 9.39. The molecule has 6 heteroatoms. The summed E-state index contributed by atoms with van der Waals surface area (Å²) < 4.78 is 19.3. The van der Waals surface area contributed by atoms with Crippen molar-refractivity contribution in [2.75, 3.05) is 18.4 Å². The molecule has 30 heavy (non-hydrogen) atoms. The third-order valence-electron chi connectivity index (χ3n) is 7.47. The van der Waals surface area contributed by atoms with Crippen LogP contribution in [0.25, 0.3) is 0 Å². The molecule has 156 valence electrons. The second kappa shape index (κ2) is 6.20. The van der Waals surface area contributed by atoms with Gasteiger partial charge in [-0.05, 0) is 61.1 Å². The van der Waals surface area contributed by atoms with Gasteiger partial charge in [-0.3, -0.25) is 4.79 Å². The summed E-state index contributed by atoms with van der Waals surface area (Å²) in [5.41, 5.74) is 2.42. The lowest BCUT2D eigenvalue weighted by atomic mass is 9.88. The summed E-state index contributed by atoms with van der Waals surface area (Å²) in [6.45, 7) is 1.51. The van der Waals surface area contributed by atoms with Gasteiger partial charge in [0.1, 0.15) is 17.2 Å². The first kappa shape index (κ1) is 18.2. The fourth-order valence-electron chi connectivity index (χ4n) is 5.22. The van der Waals surface area contributed by atoms with Crippen molar-refractivity contribution in [1.82, 2.24) is 4.90 Å². The molecule has 2 aromatic rings. The lowest BCUT2D eigenvalue weighted by molar-refractivity contribution is -0.144. The Morgan fingerprint density at radius 1 is 1.07 bits per heavy atom. The monoisotopic (exact) mass is 408 g/mol. The average molecular weight is 408 g/mol. The number of carbonyl (C=O) groups excluding carboxylic acids is 1. The maximum absolute atomic E-state index is 13.4. The molecule has 1 amide bonds. The van der Waals surface area contributed by atoms with Crippen LogP contribution in [0.3, 0.4) is 0 Å². The zero-order valence-electron chi connectivity index (χ0n) is 16.7. The summed E-state index contributed by atoms with van der Waals surface area (Å²) in [7, 11) is 0. The molecule has 1 unspecified atom stereocenters. The maximum Gasteiger partial charge on any atom is 0.254 e. The second-order valence-corrected chi connectivity index (χ2v) is 9.39. The van der Waals surface area contributed by atoms with Gasteiger partial charge in [-0.1, -0.05) is 24.3 Å². The van der Waals surface area contributed by atoms with Gasteiger partial charge in [0, 0.05) is 24.7 Å². The minimum absolute atomic E-state index is 0.0659. The molecule has 2 aromatic carbocycles. The Balaban J connectivity index is 1.09. The van der Waals surface area contributed by atoms with Gasteiger partial charge in [0.25, 0.3) is 5.91 Å². The zero-order valence-corrected chi connectivity index (χ0v) is 16.7. The van der Waals surface area contributed by atoms with Gasteiger partial charge in [0.2, 0.25) is 0 Å². The Morgan fingerprint density at radius 2 is 1.77 bits per heavy atom. The summed E-state index contributed by atoms with van der Waals surface area (Å²) in [5.74, 6) is 0.715. The van der Waals surface area contributed by atoms with Crippen molar-refractivity contribution in [3.05, 3.63) is 59.4 Å². The number of nitrogens with one attached hydrogen (secondary N) is 1. The molecule has 2 saturated carbocycles. The summed E-state index contributed by atoms with van der Waals surface area (Å²) >= 11 is 0. The number of likely N-dealkylation sites (tertiary alicyclic amines) is 1. The van der Waals surface area contributed by atoms with Crippen LogP contribution in [0.4, 0.5) is 10.1 Å². The molecule has 1 spiro atoms. The Hall–Kier alpha value is -2.60. The summed E-state index contributed by atoms with van der Waals surface area (Å²) in [6, 6.07) is 13.1. The molecule has 5 nitrogen and oxygen atoms in total. The van der Waals surface area contributed by atoms with E-state index in [0.717, 1.165) is 37.2 Å². The molecular weight excluding hydrogens is 383 g/mol. The van der Waals surface area contributed by atoms with Crippen LogP contribution in [-0.2, 0) is 4.79 Å². The highest BCUT2D eigenvalue weighted by Gasteiger charge is 2.57. The van der Waals surface area contributed by atoms with Crippen LogP contribution in [-0.4, -0.2) is 34.6 Å². The number of benzene rings is 2. The number of ether oxygens (including phenoxy) is 1. The normalized spacial score (nSPS) is 27.2. The number of fused-ring (bicyclic) bond motifs is 1. The van der Waals surface area contributed by atoms with E-state index in [2.05, 4.69) is 29.6 Å². The lowest BCUT2D eigenvalue weighted by Gasteiger charge is -2.34. The van der Waals surface area contributed by atoms with Gasteiger partial charge >= 0.3 is 0 Å². The van der Waals surface area contributed by atoms with Crippen LogP contribution in [0.1, 0.15) is 55.4 Å². The van der Waals surface area contributed by atoms with E-state index in [0.29, 0.717) is 29.9 Å². The zero-order chi connectivity index (χ0) is 20.5.